The fraction of sp³-hybridized carbons (Fsp3) is 0.889. The monoisotopic (exact) mass is 464 g/mol. The van der Waals surface area contributed by atoms with Crippen molar-refractivity contribution in [2.75, 3.05) is 0 Å². The molecule has 0 aliphatic heterocycles. The topological polar surface area (TPSA) is 118 Å². The molecule has 6 nitrogen and oxygen atoms in total. The summed E-state index contributed by atoms with van der Waals surface area (Å²) in [5.41, 5.74) is -3.15. The Morgan fingerprint density at radius 3 is 2.30 bits per heavy atom. The Morgan fingerprint density at radius 1 is 1.00 bits per heavy atom. The van der Waals surface area contributed by atoms with E-state index in [2.05, 4.69) is 6.92 Å². The average Bonchev–Trinajstić information content (AvgIpc) is 2.95. The van der Waals surface area contributed by atoms with Crippen LogP contribution in [0.5, 0.6) is 0 Å². The van der Waals surface area contributed by atoms with Crippen LogP contribution in [-0.2, 0) is 4.79 Å². The molecule has 0 spiro atoms. The molecule has 0 amide bonds. The molecular weight excluding hydrogens is 420 g/mol. The van der Waals surface area contributed by atoms with Crippen LogP contribution in [-0.4, -0.2) is 60.3 Å². The SMILES string of the molecule is CC(C)(O)CCC[C@](C)(O)[C@H]1CC[C@@]2(O)C3=CC(=O)[C@@H]4C[C@H](O)[C@@H](O)C[C@]4(C)C3CC[C@]12C. The summed E-state index contributed by atoms with van der Waals surface area (Å²) < 4.78 is 0. The summed E-state index contributed by atoms with van der Waals surface area (Å²) in [4.78, 5) is 13.2. The third kappa shape index (κ3) is 3.85. The molecule has 1 unspecified atom stereocenters. The average molecular weight is 465 g/mol. The molecule has 0 aromatic heterocycles. The maximum absolute atomic E-state index is 13.2. The van der Waals surface area contributed by atoms with Crippen molar-refractivity contribution in [1.82, 2.24) is 0 Å². The Hall–Kier alpha value is -0.790. The minimum Gasteiger partial charge on any atom is -0.390 e. The standard InChI is InChI=1S/C27H44O6/c1-23(2,31)9-6-10-26(5,32)22-8-12-27(33)17-13-19(28)18-14-20(29)21(30)15-24(18,3)16(17)7-11-25(22,27)4/h13,16,18,20-22,29-33H,6-12,14-15H2,1-5H3/t16?,18-,20-,21-,22-,24+,25+,26-,27+/m0/s1. The zero-order valence-electron chi connectivity index (χ0n) is 21.0. The van der Waals surface area contributed by atoms with Crippen LogP contribution >= 0.6 is 0 Å². The highest BCUT2D eigenvalue weighted by molar-refractivity contribution is 5.95. The molecule has 6 heteroatoms. The second-order valence-corrected chi connectivity index (χ2v) is 13.1. The summed E-state index contributed by atoms with van der Waals surface area (Å²) >= 11 is 0. The predicted octanol–water partition coefficient (Wildman–Crippen LogP) is 2.88. The van der Waals surface area contributed by atoms with Gasteiger partial charge in [0.25, 0.3) is 0 Å². The quantitative estimate of drug-likeness (QED) is 0.427. The highest BCUT2D eigenvalue weighted by Crippen LogP contribution is 2.68. The summed E-state index contributed by atoms with van der Waals surface area (Å²) in [5.74, 6) is -0.509. The van der Waals surface area contributed by atoms with Crippen molar-refractivity contribution in [3.05, 3.63) is 11.6 Å². The molecule has 0 saturated heterocycles. The van der Waals surface area contributed by atoms with Crippen molar-refractivity contribution in [3.8, 4) is 0 Å². The van der Waals surface area contributed by atoms with Gasteiger partial charge in [-0.15, -0.1) is 0 Å². The molecule has 33 heavy (non-hydrogen) atoms. The van der Waals surface area contributed by atoms with Crippen LogP contribution in [0, 0.1) is 28.6 Å². The van der Waals surface area contributed by atoms with E-state index >= 15 is 0 Å². The molecule has 4 rings (SSSR count). The third-order valence-corrected chi connectivity index (χ3v) is 10.3. The predicted molar refractivity (Wildman–Crippen MR) is 125 cm³/mol. The number of carbonyl (C=O) groups is 1. The summed E-state index contributed by atoms with van der Waals surface area (Å²) in [5, 5.41) is 54.5. The number of hydrogen-bond donors (Lipinski definition) is 5. The van der Waals surface area contributed by atoms with E-state index in [-0.39, 0.29) is 30.0 Å². The van der Waals surface area contributed by atoms with Gasteiger partial charge in [0.2, 0.25) is 0 Å². The molecule has 3 fully saturated rings. The van der Waals surface area contributed by atoms with Gasteiger partial charge in [-0.3, -0.25) is 4.79 Å². The second-order valence-electron chi connectivity index (χ2n) is 13.1. The number of hydrogen-bond acceptors (Lipinski definition) is 6. The van der Waals surface area contributed by atoms with Gasteiger partial charge in [-0.25, -0.2) is 0 Å². The molecule has 9 atom stereocenters. The molecule has 0 aromatic rings. The van der Waals surface area contributed by atoms with Crippen molar-refractivity contribution in [1.29, 1.82) is 0 Å². The summed E-state index contributed by atoms with van der Waals surface area (Å²) in [7, 11) is 0. The van der Waals surface area contributed by atoms with E-state index in [9.17, 15) is 30.3 Å². The first-order chi connectivity index (χ1) is 15.1. The zero-order chi connectivity index (χ0) is 24.6. The van der Waals surface area contributed by atoms with Gasteiger partial charge in [-0.1, -0.05) is 13.8 Å². The zero-order valence-corrected chi connectivity index (χ0v) is 21.0. The maximum atomic E-state index is 13.2. The van der Waals surface area contributed by atoms with Crippen LogP contribution in [0.2, 0.25) is 0 Å². The number of fused-ring (bicyclic) bond motifs is 5. The highest BCUT2D eigenvalue weighted by Gasteiger charge is 2.68. The van der Waals surface area contributed by atoms with Gasteiger partial charge < -0.3 is 25.5 Å². The maximum Gasteiger partial charge on any atom is 0.159 e. The normalized spacial score (nSPS) is 47.3. The number of carbonyl (C=O) groups excluding carboxylic acids is 1. The second kappa shape index (κ2) is 7.86. The lowest BCUT2D eigenvalue weighted by molar-refractivity contribution is -0.160. The van der Waals surface area contributed by atoms with Crippen molar-refractivity contribution < 1.29 is 30.3 Å². The number of aliphatic hydroxyl groups is 5. The highest BCUT2D eigenvalue weighted by atomic mass is 16.3. The van der Waals surface area contributed by atoms with Gasteiger partial charge in [0.15, 0.2) is 5.78 Å². The van der Waals surface area contributed by atoms with Gasteiger partial charge in [-0.2, -0.15) is 0 Å². The van der Waals surface area contributed by atoms with Crippen molar-refractivity contribution in [2.24, 2.45) is 28.6 Å². The number of rotatable bonds is 5. The van der Waals surface area contributed by atoms with Crippen LogP contribution in [0.1, 0.15) is 92.4 Å². The Kier molecular flexibility index (Phi) is 6.03. The van der Waals surface area contributed by atoms with Crippen LogP contribution in [0.15, 0.2) is 11.6 Å². The minimum absolute atomic E-state index is 0.0145. The van der Waals surface area contributed by atoms with Crippen LogP contribution < -0.4 is 0 Å². The molecule has 0 aromatic carbocycles. The van der Waals surface area contributed by atoms with Crippen LogP contribution in [0.3, 0.4) is 0 Å². The molecule has 4 aliphatic rings. The van der Waals surface area contributed by atoms with Gasteiger partial charge in [0.05, 0.1) is 29.0 Å². The van der Waals surface area contributed by atoms with Crippen molar-refractivity contribution in [3.63, 3.8) is 0 Å². The number of allylic oxidation sites excluding steroid dienone is 1. The Labute approximate surface area is 198 Å². The molecule has 3 saturated carbocycles. The number of ketones is 1. The van der Waals surface area contributed by atoms with E-state index in [1.165, 1.54) is 0 Å². The molecule has 188 valence electrons. The molecule has 5 N–H and O–H groups in total. The molecule has 0 bridgehead atoms. The molecule has 4 aliphatic carbocycles. The first-order valence-electron chi connectivity index (χ1n) is 12.8. The first kappa shape index (κ1) is 25.3. The van der Waals surface area contributed by atoms with Gasteiger partial charge in [0.1, 0.15) is 0 Å². The van der Waals surface area contributed by atoms with Crippen molar-refractivity contribution >= 4 is 5.78 Å². The molecular formula is C27H44O6. The fourth-order valence-corrected chi connectivity index (χ4v) is 8.42. The fourth-order valence-electron chi connectivity index (χ4n) is 8.42. The van der Waals surface area contributed by atoms with Gasteiger partial charge in [-0.05, 0) is 107 Å². The Morgan fingerprint density at radius 2 is 1.67 bits per heavy atom. The molecule has 0 heterocycles. The summed E-state index contributed by atoms with van der Waals surface area (Å²) in [6.45, 7) is 9.54. The van der Waals surface area contributed by atoms with E-state index in [4.69, 9.17) is 0 Å². The van der Waals surface area contributed by atoms with E-state index in [0.717, 1.165) is 18.4 Å². The summed E-state index contributed by atoms with van der Waals surface area (Å²) in [6, 6.07) is 0. The first-order valence-corrected chi connectivity index (χ1v) is 12.8. The smallest absolute Gasteiger partial charge is 0.159 e. The van der Waals surface area contributed by atoms with E-state index in [1.807, 2.05) is 13.8 Å². The lowest BCUT2D eigenvalue weighted by Gasteiger charge is -2.60. The van der Waals surface area contributed by atoms with Crippen LogP contribution in [0.4, 0.5) is 0 Å². The lowest BCUT2D eigenvalue weighted by atomic mass is 9.45. The minimum atomic E-state index is -1.16. The van der Waals surface area contributed by atoms with Crippen molar-refractivity contribution in [2.45, 2.75) is 121 Å². The van der Waals surface area contributed by atoms with E-state index < -0.39 is 39.8 Å². The van der Waals surface area contributed by atoms with Gasteiger partial charge in [0, 0.05) is 11.3 Å². The Bertz CT molecular complexity index is 827. The molecule has 0 radical (unpaired) electrons. The largest absolute Gasteiger partial charge is 0.390 e. The Balaban J connectivity index is 1.64. The van der Waals surface area contributed by atoms with E-state index in [0.29, 0.717) is 38.5 Å². The van der Waals surface area contributed by atoms with Crippen LogP contribution in [0.25, 0.3) is 0 Å². The lowest BCUT2D eigenvalue weighted by Crippen LogP contribution is -2.61. The number of aliphatic hydroxyl groups excluding tert-OH is 2. The third-order valence-electron chi connectivity index (χ3n) is 10.3. The summed E-state index contributed by atoms with van der Waals surface area (Å²) in [6.07, 6.45) is 5.14. The van der Waals surface area contributed by atoms with Gasteiger partial charge >= 0.3 is 0 Å². The van der Waals surface area contributed by atoms with E-state index in [1.54, 1.807) is 19.9 Å².